The van der Waals surface area contributed by atoms with Crippen molar-refractivity contribution in [3.63, 3.8) is 0 Å². The van der Waals surface area contributed by atoms with Crippen molar-refractivity contribution in [2.75, 3.05) is 26.3 Å². The number of hydrogen-bond donors (Lipinski definition) is 3. The molecular formula is C7H17NO2S2. The van der Waals surface area contributed by atoms with Crippen molar-refractivity contribution >= 4 is 29.2 Å². The molecule has 0 rings (SSSR count). The highest BCUT2D eigenvalue weighted by molar-refractivity contribution is 8.10. The van der Waals surface area contributed by atoms with E-state index in [1.54, 1.807) is 4.90 Å². The Hall–Kier alpha value is 0.160. The molecule has 0 spiro atoms. The van der Waals surface area contributed by atoms with Crippen molar-refractivity contribution < 1.29 is 10.2 Å². The zero-order valence-corrected chi connectivity index (χ0v) is 9.24. The average Bonchev–Trinajstić information content (AvgIpc) is 2.08. The van der Waals surface area contributed by atoms with Crippen LogP contribution in [0.2, 0.25) is 0 Å². The third kappa shape index (κ3) is 8.26. The van der Waals surface area contributed by atoms with Crippen LogP contribution in [0.15, 0.2) is 0 Å². The summed E-state index contributed by atoms with van der Waals surface area (Å²) in [6, 6.07) is 0. The molecule has 0 aliphatic carbocycles. The zero-order valence-electron chi connectivity index (χ0n) is 7.53. The van der Waals surface area contributed by atoms with E-state index >= 15 is 0 Å². The van der Waals surface area contributed by atoms with E-state index in [2.05, 4.69) is 12.6 Å². The number of hydrogen-bond acceptors (Lipinski definition) is 3. The van der Waals surface area contributed by atoms with Gasteiger partial charge in [0.25, 0.3) is 0 Å². The van der Waals surface area contributed by atoms with E-state index in [1.165, 1.54) is 0 Å². The van der Waals surface area contributed by atoms with Crippen LogP contribution in [-0.4, -0.2) is 45.7 Å². The Labute approximate surface area is 84.8 Å². The predicted octanol–water partition coefficient (Wildman–Crippen LogP) is 0.514. The molecule has 0 saturated carbocycles. The van der Waals surface area contributed by atoms with Gasteiger partial charge in [0.1, 0.15) is 4.32 Å². The smallest absolute Gasteiger partial charge is 0.133 e. The van der Waals surface area contributed by atoms with Gasteiger partial charge in [-0.05, 0) is 0 Å². The number of aliphatic hydroxyl groups excluding tert-OH is 2. The molecule has 5 heteroatoms. The van der Waals surface area contributed by atoms with Gasteiger partial charge in [-0.25, -0.2) is 0 Å². The third-order valence-corrected chi connectivity index (χ3v) is 1.55. The number of thiol groups is 1. The molecule has 0 aliphatic rings. The molecule has 0 radical (unpaired) electrons. The fraction of sp³-hybridized carbons (Fsp3) is 0.857. The number of nitrogens with zero attached hydrogens (tertiary/aromatic N) is 1. The molecule has 0 aliphatic heterocycles. The average molecular weight is 211 g/mol. The third-order valence-electron chi connectivity index (χ3n) is 1.01. The van der Waals surface area contributed by atoms with E-state index in [0.29, 0.717) is 17.4 Å². The molecular weight excluding hydrogens is 194 g/mol. The zero-order chi connectivity index (χ0) is 9.98. The first-order chi connectivity index (χ1) is 5.72. The summed E-state index contributed by atoms with van der Waals surface area (Å²) >= 11 is 8.61. The summed E-state index contributed by atoms with van der Waals surface area (Å²) in [5, 5.41) is 17.0. The van der Waals surface area contributed by atoms with Crippen molar-refractivity contribution in [2.24, 2.45) is 0 Å². The molecule has 3 nitrogen and oxygen atoms in total. The summed E-state index contributed by atoms with van der Waals surface area (Å²) in [7, 11) is 0. The maximum atomic E-state index is 8.50. The minimum atomic E-state index is 0.0285. The summed E-state index contributed by atoms with van der Waals surface area (Å²) in [4.78, 5) is 1.62. The van der Waals surface area contributed by atoms with E-state index in [0.717, 1.165) is 0 Å². The Morgan fingerprint density at radius 2 is 1.58 bits per heavy atom. The predicted molar refractivity (Wildman–Crippen MR) is 58.7 cm³/mol. The molecule has 0 atom stereocenters. The highest BCUT2D eigenvalue weighted by atomic mass is 32.1. The van der Waals surface area contributed by atoms with Crippen LogP contribution in [-0.2, 0) is 0 Å². The van der Waals surface area contributed by atoms with Gasteiger partial charge in [0.05, 0.1) is 13.2 Å². The van der Waals surface area contributed by atoms with Crippen LogP contribution < -0.4 is 0 Å². The van der Waals surface area contributed by atoms with Crippen LogP contribution in [0, 0.1) is 0 Å². The van der Waals surface area contributed by atoms with Crippen LogP contribution in [0.4, 0.5) is 0 Å². The summed E-state index contributed by atoms with van der Waals surface area (Å²) in [5.41, 5.74) is 0. The second kappa shape index (κ2) is 11.2. The van der Waals surface area contributed by atoms with Crippen LogP contribution in [0.1, 0.15) is 13.8 Å². The minimum absolute atomic E-state index is 0.0285. The second-order valence-corrected chi connectivity index (χ2v) is 2.83. The normalized spacial score (nSPS) is 8.42. The molecule has 0 saturated heterocycles. The molecule has 0 fully saturated rings. The van der Waals surface area contributed by atoms with Gasteiger partial charge in [0, 0.05) is 13.1 Å². The lowest BCUT2D eigenvalue weighted by atomic mass is 10.5. The van der Waals surface area contributed by atoms with Crippen LogP contribution in [0.25, 0.3) is 0 Å². The molecule has 74 valence electrons. The number of rotatable bonds is 4. The molecule has 0 bridgehead atoms. The van der Waals surface area contributed by atoms with Crippen LogP contribution in [0.5, 0.6) is 0 Å². The summed E-state index contributed by atoms with van der Waals surface area (Å²) in [5.74, 6) is 0. The Kier molecular flexibility index (Phi) is 13.6. The first kappa shape index (κ1) is 14.7. The highest BCUT2D eigenvalue weighted by Gasteiger charge is 2.02. The fourth-order valence-corrected chi connectivity index (χ4v) is 0.927. The number of aliphatic hydroxyl groups is 2. The van der Waals surface area contributed by atoms with E-state index in [4.69, 9.17) is 22.4 Å². The van der Waals surface area contributed by atoms with Gasteiger partial charge in [0.15, 0.2) is 0 Å². The summed E-state index contributed by atoms with van der Waals surface area (Å²) in [6.07, 6.45) is 0. The van der Waals surface area contributed by atoms with E-state index in [-0.39, 0.29) is 13.2 Å². The molecule has 12 heavy (non-hydrogen) atoms. The highest BCUT2D eigenvalue weighted by Crippen LogP contribution is 1.94. The van der Waals surface area contributed by atoms with Gasteiger partial charge in [-0.15, -0.1) is 12.6 Å². The van der Waals surface area contributed by atoms with E-state index in [1.807, 2.05) is 13.8 Å². The Morgan fingerprint density at radius 3 is 1.75 bits per heavy atom. The molecule has 0 aromatic carbocycles. The molecule has 0 amide bonds. The second-order valence-electron chi connectivity index (χ2n) is 1.72. The van der Waals surface area contributed by atoms with Crippen molar-refractivity contribution in [3.05, 3.63) is 0 Å². The van der Waals surface area contributed by atoms with Gasteiger partial charge in [-0.3, -0.25) is 0 Å². The topological polar surface area (TPSA) is 43.7 Å². The van der Waals surface area contributed by atoms with Gasteiger partial charge >= 0.3 is 0 Å². The lowest BCUT2D eigenvalue weighted by Crippen LogP contribution is -2.31. The van der Waals surface area contributed by atoms with Crippen molar-refractivity contribution in [1.82, 2.24) is 4.90 Å². The first-order valence-corrected chi connectivity index (χ1v) is 4.77. The lowest BCUT2D eigenvalue weighted by molar-refractivity contribution is 0.216. The quantitative estimate of drug-likeness (QED) is 0.468. The van der Waals surface area contributed by atoms with Crippen molar-refractivity contribution in [2.45, 2.75) is 13.8 Å². The van der Waals surface area contributed by atoms with Crippen LogP contribution >= 0.6 is 24.8 Å². The molecule has 0 aromatic heterocycles. The molecule has 0 heterocycles. The van der Waals surface area contributed by atoms with Gasteiger partial charge in [-0.2, -0.15) is 0 Å². The minimum Gasteiger partial charge on any atom is -0.395 e. The fourth-order valence-electron chi connectivity index (χ4n) is 0.545. The summed E-state index contributed by atoms with van der Waals surface area (Å²) < 4.78 is 0.406. The van der Waals surface area contributed by atoms with Crippen molar-refractivity contribution in [3.8, 4) is 0 Å². The largest absolute Gasteiger partial charge is 0.395 e. The first-order valence-electron chi connectivity index (χ1n) is 3.92. The standard InChI is InChI=1S/C5H11NO2S2.C2H6/c7-3-1-6(2-4-8)5(9)10;1-2/h7-8H,1-4H2,(H,9,10);1-2H3. The van der Waals surface area contributed by atoms with Crippen molar-refractivity contribution in [1.29, 1.82) is 0 Å². The summed E-state index contributed by atoms with van der Waals surface area (Å²) in [6.45, 7) is 4.92. The molecule has 0 aromatic rings. The maximum Gasteiger partial charge on any atom is 0.133 e. The maximum absolute atomic E-state index is 8.50. The molecule has 0 unspecified atom stereocenters. The SMILES string of the molecule is CC.OCCN(CCO)C(=S)S. The lowest BCUT2D eigenvalue weighted by Gasteiger charge is -2.19. The van der Waals surface area contributed by atoms with E-state index in [9.17, 15) is 0 Å². The van der Waals surface area contributed by atoms with Gasteiger partial charge in [0.2, 0.25) is 0 Å². The Bertz CT molecular complexity index is 106. The Morgan fingerprint density at radius 1 is 1.25 bits per heavy atom. The van der Waals surface area contributed by atoms with Crippen LogP contribution in [0.3, 0.4) is 0 Å². The number of thiocarbonyl (C=S) groups is 1. The van der Waals surface area contributed by atoms with Gasteiger partial charge in [-0.1, -0.05) is 26.1 Å². The monoisotopic (exact) mass is 211 g/mol. The Balaban J connectivity index is 0. The van der Waals surface area contributed by atoms with E-state index < -0.39 is 0 Å². The molecule has 2 N–H and O–H groups in total. The van der Waals surface area contributed by atoms with Gasteiger partial charge < -0.3 is 15.1 Å².